The van der Waals surface area contributed by atoms with E-state index in [0.717, 1.165) is 80.2 Å². The number of amides is 1. The molecule has 202 valence electrons. The first-order valence-electron chi connectivity index (χ1n) is 13.6. The average Bonchev–Trinajstić information content (AvgIpc) is 3.26. The smallest absolute Gasteiger partial charge is 0.409 e. The Morgan fingerprint density at radius 2 is 1.85 bits per heavy atom. The molecule has 2 aliphatic heterocycles. The van der Waals surface area contributed by atoms with Crippen LogP contribution >= 0.6 is 0 Å². The fraction of sp³-hybridized carbons (Fsp3) is 0.367. The number of fused-ring (bicyclic) bond motifs is 1. The van der Waals surface area contributed by atoms with E-state index in [0.29, 0.717) is 24.1 Å². The molecule has 0 radical (unpaired) electrons. The van der Waals surface area contributed by atoms with Crippen molar-refractivity contribution in [2.75, 3.05) is 25.0 Å². The number of carboxylic acid groups (broad SMARTS) is 1. The normalized spacial score (nSPS) is 18.1. The monoisotopic (exact) mass is 527 g/mol. The van der Waals surface area contributed by atoms with Gasteiger partial charge in [0.05, 0.1) is 30.2 Å². The van der Waals surface area contributed by atoms with Crippen LogP contribution < -0.4 is 10.1 Å². The van der Waals surface area contributed by atoms with Crippen molar-refractivity contribution in [2.45, 2.75) is 51.0 Å². The fourth-order valence-corrected chi connectivity index (χ4v) is 5.39. The molecule has 1 amide bonds. The number of hydrogen-bond acceptors (Lipinski definition) is 6. The minimum absolute atomic E-state index is 0.200. The summed E-state index contributed by atoms with van der Waals surface area (Å²) in [6.07, 6.45) is 2.21. The minimum atomic E-state index is -1.08. The molecule has 1 atom stereocenters. The molecule has 2 aliphatic rings. The van der Waals surface area contributed by atoms with Crippen LogP contribution in [0.15, 0.2) is 66.7 Å². The lowest BCUT2D eigenvalue weighted by atomic mass is 9.93. The van der Waals surface area contributed by atoms with Crippen molar-refractivity contribution >= 4 is 22.8 Å². The van der Waals surface area contributed by atoms with Crippen LogP contribution in [0.4, 0.5) is 10.5 Å². The van der Waals surface area contributed by atoms with Crippen LogP contribution in [0.25, 0.3) is 11.0 Å². The van der Waals surface area contributed by atoms with Crippen LogP contribution in [0.5, 0.6) is 5.88 Å². The van der Waals surface area contributed by atoms with Crippen molar-refractivity contribution in [1.29, 1.82) is 0 Å². The van der Waals surface area contributed by atoms with Gasteiger partial charge in [-0.05, 0) is 62.2 Å². The molecular weight excluding hydrogens is 494 g/mol. The van der Waals surface area contributed by atoms with Gasteiger partial charge in [-0.15, -0.1) is 0 Å². The maximum absolute atomic E-state index is 11.1. The SMILES string of the molecule is O=C(O)Nc1ccc2c(c1)nc(CN1CCC(c3cccc(OCc4ccccc4)n3)CC1)n2CC1CCO1. The van der Waals surface area contributed by atoms with E-state index in [1.165, 1.54) is 0 Å². The number of rotatable bonds is 9. The van der Waals surface area contributed by atoms with Gasteiger partial charge in [-0.25, -0.2) is 14.8 Å². The van der Waals surface area contributed by atoms with Gasteiger partial charge in [0.15, 0.2) is 0 Å². The summed E-state index contributed by atoms with van der Waals surface area (Å²) in [7, 11) is 0. The number of anilines is 1. The van der Waals surface area contributed by atoms with E-state index in [-0.39, 0.29) is 6.10 Å². The highest BCUT2D eigenvalue weighted by Gasteiger charge is 2.26. The molecule has 6 rings (SSSR count). The summed E-state index contributed by atoms with van der Waals surface area (Å²) < 4.78 is 13.9. The Kier molecular flexibility index (Phi) is 7.42. The predicted molar refractivity (Wildman–Crippen MR) is 148 cm³/mol. The molecule has 2 N–H and O–H groups in total. The Morgan fingerprint density at radius 3 is 2.59 bits per heavy atom. The molecular formula is C30H33N5O4. The van der Waals surface area contributed by atoms with Gasteiger partial charge < -0.3 is 19.1 Å². The van der Waals surface area contributed by atoms with Crippen LogP contribution in [-0.2, 0) is 24.4 Å². The molecule has 0 saturated carbocycles. The quantitative estimate of drug-likeness (QED) is 0.306. The number of nitrogens with zero attached hydrogens (tertiary/aromatic N) is 4. The summed E-state index contributed by atoms with van der Waals surface area (Å²) in [4.78, 5) is 23.3. The minimum Gasteiger partial charge on any atom is -0.473 e. The standard InChI is InChI=1S/C30H33N5O4/c36-30(37)31-23-9-10-27-26(17-23)32-28(35(27)18-24-13-16-38-24)19-34-14-11-22(12-15-34)25-7-4-8-29(33-25)39-20-21-5-2-1-3-6-21/h1-10,17,22,24,31H,11-16,18-20H2,(H,36,37). The number of aromatic nitrogens is 3. The van der Waals surface area contributed by atoms with Crippen molar-refractivity contribution in [3.8, 4) is 5.88 Å². The van der Waals surface area contributed by atoms with Gasteiger partial charge >= 0.3 is 6.09 Å². The fourth-order valence-electron chi connectivity index (χ4n) is 5.39. The summed E-state index contributed by atoms with van der Waals surface area (Å²) >= 11 is 0. The molecule has 0 spiro atoms. The highest BCUT2D eigenvalue weighted by atomic mass is 16.5. The second kappa shape index (κ2) is 11.4. The number of hydrogen-bond donors (Lipinski definition) is 2. The van der Waals surface area contributed by atoms with E-state index in [2.05, 4.69) is 33.0 Å². The van der Waals surface area contributed by atoms with Crippen LogP contribution in [0.3, 0.4) is 0 Å². The Bertz CT molecular complexity index is 1430. The third kappa shape index (κ3) is 6.05. The van der Waals surface area contributed by atoms with Gasteiger partial charge in [0.25, 0.3) is 0 Å². The first kappa shape index (κ1) is 25.3. The molecule has 2 aromatic carbocycles. The second-order valence-corrected chi connectivity index (χ2v) is 10.3. The molecule has 0 bridgehead atoms. The Morgan fingerprint density at radius 1 is 1.03 bits per heavy atom. The summed E-state index contributed by atoms with van der Waals surface area (Å²) in [6.45, 7) is 4.72. The Hall–Kier alpha value is -3.95. The molecule has 4 heterocycles. The largest absolute Gasteiger partial charge is 0.473 e. The first-order chi connectivity index (χ1) is 19.1. The third-order valence-corrected chi connectivity index (χ3v) is 7.60. The van der Waals surface area contributed by atoms with E-state index in [9.17, 15) is 4.79 Å². The second-order valence-electron chi connectivity index (χ2n) is 10.3. The molecule has 2 saturated heterocycles. The predicted octanol–water partition coefficient (Wildman–Crippen LogP) is 5.27. The van der Waals surface area contributed by atoms with Crippen molar-refractivity contribution < 1.29 is 19.4 Å². The summed E-state index contributed by atoms with van der Waals surface area (Å²) in [5.41, 5.74) is 4.54. The molecule has 1 unspecified atom stereocenters. The zero-order valence-electron chi connectivity index (χ0n) is 21.8. The molecule has 0 aliphatic carbocycles. The zero-order chi connectivity index (χ0) is 26.6. The van der Waals surface area contributed by atoms with E-state index in [1.807, 2.05) is 36.4 Å². The molecule has 4 aromatic rings. The molecule has 2 fully saturated rings. The average molecular weight is 528 g/mol. The van der Waals surface area contributed by atoms with Crippen molar-refractivity contribution in [2.24, 2.45) is 0 Å². The van der Waals surface area contributed by atoms with Gasteiger partial charge in [0.1, 0.15) is 12.4 Å². The van der Waals surface area contributed by atoms with Gasteiger partial charge in [-0.3, -0.25) is 10.2 Å². The number of imidazole rings is 1. The number of benzene rings is 2. The zero-order valence-corrected chi connectivity index (χ0v) is 21.8. The summed E-state index contributed by atoms with van der Waals surface area (Å²) in [6, 6.07) is 21.7. The van der Waals surface area contributed by atoms with E-state index in [1.54, 1.807) is 12.1 Å². The maximum Gasteiger partial charge on any atom is 0.409 e. The van der Waals surface area contributed by atoms with Crippen LogP contribution in [-0.4, -0.2) is 56.4 Å². The maximum atomic E-state index is 11.1. The summed E-state index contributed by atoms with van der Waals surface area (Å²) in [5, 5.41) is 11.5. The Balaban J connectivity index is 1.11. The molecule has 9 nitrogen and oxygen atoms in total. The van der Waals surface area contributed by atoms with E-state index in [4.69, 9.17) is 24.5 Å². The number of pyridine rings is 1. The van der Waals surface area contributed by atoms with Crippen molar-refractivity contribution in [3.05, 3.63) is 83.8 Å². The molecule has 2 aromatic heterocycles. The van der Waals surface area contributed by atoms with Crippen LogP contribution in [0.1, 0.15) is 42.3 Å². The van der Waals surface area contributed by atoms with Gasteiger partial charge in [0, 0.05) is 30.0 Å². The number of nitrogens with one attached hydrogen (secondary N) is 1. The first-order valence-corrected chi connectivity index (χ1v) is 13.6. The number of ether oxygens (including phenoxy) is 2. The lowest BCUT2D eigenvalue weighted by Crippen LogP contribution is -2.35. The number of likely N-dealkylation sites (tertiary alicyclic amines) is 1. The third-order valence-electron chi connectivity index (χ3n) is 7.60. The van der Waals surface area contributed by atoms with Crippen LogP contribution in [0.2, 0.25) is 0 Å². The molecule has 39 heavy (non-hydrogen) atoms. The van der Waals surface area contributed by atoms with Gasteiger partial charge in [-0.2, -0.15) is 0 Å². The molecule has 9 heteroatoms. The van der Waals surface area contributed by atoms with E-state index >= 15 is 0 Å². The highest BCUT2D eigenvalue weighted by Crippen LogP contribution is 2.30. The number of carbonyl (C=O) groups is 1. The summed E-state index contributed by atoms with van der Waals surface area (Å²) in [5.74, 6) is 2.05. The lowest BCUT2D eigenvalue weighted by molar-refractivity contribution is -0.0592. The number of piperidine rings is 1. The van der Waals surface area contributed by atoms with Gasteiger partial charge in [-0.1, -0.05) is 36.4 Å². The topological polar surface area (TPSA) is 102 Å². The highest BCUT2D eigenvalue weighted by molar-refractivity contribution is 5.88. The van der Waals surface area contributed by atoms with Gasteiger partial charge in [0.2, 0.25) is 5.88 Å². The Labute approximate surface area is 227 Å². The van der Waals surface area contributed by atoms with Crippen LogP contribution in [0, 0.1) is 0 Å². The van der Waals surface area contributed by atoms with E-state index < -0.39 is 6.09 Å². The van der Waals surface area contributed by atoms with Crippen molar-refractivity contribution in [1.82, 2.24) is 19.4 Å². The van der Waals surface area contributed by atoms with Crippen molar-refractivity contribution in [3.63, 3.8) is 0 Å². The lowest BCUT2D eigenvalue weighted by Gasteiger charge is -2.32.